The second kappa shape index (κ2) is 8.52. The summed E-state index contributed by atoms with van der Waals surface area (Å²) in [5.74, 6) is -0.606. The van der Waals surface area contributed by atoms with Crippen LogP contribution in [0.4, 0.5) is 0 Å². The van der Waals surface area contributed by atoms with Crippen LogP contribution in [0.5, 0.6) is 0 Å². The van der Waals surface area contributed by atoms with Crippen LogP contribution in [0.2, 0.25) is 0 Å². The minimum absolute atomic E-state index is 0.0599. The van der Waals surface area contributed by atoms with Crippen LogP contribution >= 0.6 is 0 Å². The van der Waals surface area contributed by atoms with E-state index >= 15 is 0 Å². The molecule has 2 aromatic rings. The minimum Gasteiger partial charge on any atom is -0.378 e. The number of nitrogens with zero attached hydrogens (tertiary/aromatic N) is 2. The molecule has 168 valence electrons. The largest absolute Gasteiger partial charge is 0.378 e. The molecule has 32 heavy (non-hydrogen) atoms. The monoisotopic (exact) mass is 454 g/mol. The lowest BCUT2D eigenvalue weighted by Gasteiger charge is -2.27. The highest BCUT2D eigenvalue weighted by Crippen LogP contribution is 2.37. The summed E-state index contributed by atoms with van der Waals surface area (Å²) >= 11 is 0. The number of ether oxygens (including phenoxy) is 1. The van der Waals surface area contributed by atoms with Crippen molar-refractivity contribution in [1.29, 1.82) is 0 Å². The number of carbonyl (C=O) groups is 2. The molecule has 0 radical (unpaired) electrons. The number of aryl methyl sites for hydroxylation is 2. The first kappa shape index (κ1) is 22.2. The Hall–Kier alpha value is -2.97. The van der Waals surface area contributed by atoms with Gasteiger partial charge in [0, 0.05) is 24.2 Å². The van der Waals surface area contributed by atoms with Gasteiger partial charge >= 0.3 is 0 Å². The second-order valence-corrected chi connectivity index (χ2v) is 9.97. The molecule has 8 heteroatoms. The quantitative estimate of drug-likeness (QED) is 0.709. The van der Waals surface area contributed by atoms with E-state index in [1.54, 1.807) is 48.2 Å². The van der Waals surface area contributed by atoms with E-state index in [1.807, 2.05) is 19.9 Å². The minimum atomic E-state index is -3.98. The van der Waals surface area contributed by atoms with Crippen LogP contribution in [0, 0.1) is 13.8 Å². The van der Waals surface area contributed by atoms with Crippen molar-refractivity contribution >= 4 is 26.7 Å². The van der Waals surface area contributed by atoms with E-state index in [0.717, 1.165) is 15.4 Å². The predicted octanol–water partition coefficient (Wildman–Crippen LogP) is 2.88. The number of carbonyl (C=O) groups excluding carboxylic acids is 2. The first-order chi connectivity index (χ1) is 15.2. The first-order valence-corrected chi connectivity index (χ1v) is 12.0. The SMILES string of the molecule is CC1=C(c2ccc(C)c(C)c2)S(=O)(=O)N(Cc2ccc(C(=O)N3CCOCC3)cc2)C1=O. The molecule has 2 aliphatic heterocycles. The van der Waals surface area contributed by atoms with Crippen molar-refractivity contribution in [1.82, 2.24) is 9.21 Å². The van der Waals surface area contributed by atoms with Crippen molar-refractivity contribution in [3.63, 3.8) is 0 Å². The van der Waals surface area contributed by atoms with Crippen LogP contribution in [-0.2, 0) is 26.1 Å². The van der Waals surface area contributed by atoms with Gasteiger partial charge in [-0.2, -0.15) is 0 Å². The Kier molecular flexibility index (Phi) is 5.92. The number of hydrogen-bond donors (Lipinski definition) is 0. The Bertz CT molecular complexity index is 1210. The summed E-state index contributed by atoms with van der Waals surface area (Å²) in [6, 6.07) is 12.1. The lowest BCUT2D eigenvalue weighted by atomic mass is 10.0. The highest BCUT2D eigenvalue weighted by Gasteiger charge is 2.42. The standard InChI is InChI=1S/C24H26N2O5S/c1-16-4-7-21(14-17(16)2)22-18(3)23(27)26(32(22,29)30)15-19-5-8-20(9-6-19)24(28)25-10-12-31-13-11-25/h4-9,14H,10-13,15H2,1-3H3. The average molecular weight is 455 g/mol. The Morgan fingerprint density at radius 3 is 2.25 bits per heavy atom. The molecular formula is C24H26N2O5S. The number of benzene rings is 2. The molecule has 1 fully saturated rings. The third kappa shape index (κ3) is 3.96. The van der Waals surface area contributed by atoms with E-state index in [4.69, 9.17) is 4.74 Å². The van der Waals surface area contributed by atoms with Crippen LogP contribution in [0.3, 0.4) is 0 Å². The van der Waals surface area contributed by atoms with Crippen molar-refractivity contribution in [2.24, 2.45) is 0 Å². The Balaban J connectivity index is 1.55. The van der Waals surface area contributed by atoms with E-state index < -0.39 is 15.9 Å². The summed E-state index contributed by atoms with van der Waals surface area (Å²) in [5.41, 5.74) is 3.91. The fourth-order valence-corrected chi connectivity index (χ4v) is 5.76. The van der Waals surface area contributed by atoms with Gasteiger partial charge in [0.1, 0.15) is 4.91 Å². The van der Waals surface area contributed by atoms with Gasteiger partial charge in [-0.05, 0) is 55.2 Å². The molecule has 0 spiro atoms. The fourth-order valence-electron chi connectivity index (χ4n) is 3.97. The van der Waals surface area contributed by atoms with Gasteiger partial charge < -0.3 is 9.64 Å². The van der Waals surface area contributed by atoms with Gasteiger partial charge in [-0.15, -0.1) is 0 Å². The lowest BCUT2D eigenvalue weighted by Crippen LogP contribution is -2.40. The summed E-state index contributed by atoms with van der Waals surface area (Å²) in [6.45, 7) is 7.47. The number of hydrogen-bond acceptors (Lipinski definition) is 5. The maximum atomic E-state index is 13.3. The molecule has 0 bridgehead atoms. The van der Waals surface area contributed by atoms with E-state index in [-0.39, 0.29) is 22.9 Å². The molecule has 0 aliphatic carbocycles. The molecule has 2 aliphatic rings. The van der Waals surface area contributed by atoms with Gasteiger partial charge in [-0.25, -0.2) is 12.7 Å². The Morgan fingerprint density at radius 1 is 0.969 bits per heavy atom. The normalized spacial score (nSPS) is 18.4. The molecule has 0 saturated carbocycles. The molecule has 0 aromatic heterocycles. The van der Waals surface area contributed by atoms with Crippen molar-refractivity contribution < 1.29 is 22.7 Å². The van der Waals surface area contributed by atoms with Crippen LogP contribution in [0.25, 0.3) is 4.91 Å². The predicted molar refractivity (Wildman–Crippen MR) is 121 cm³/mol. The molecule has 4 rings (SSSR count). The summed E-state index contributed by atoms with van der Waals surface area (Å²) in [5, 5.41) is 0. The van der Waals surface area contributed by atoms with Crippen LogP contribution in [0.15, 0.2) is 48.0 Å². The Labute approximate surface area is 188 Å². The summed E-state index contributed by atoms with van der Waals surface area (Å²) in [7, 11) is -3.98. The van der Waals surface area contributed by atoms with Gasteiger partial charge in [-0.1, -0.05) is 30.3 Å². The second-order valence-electron chi connectivity index (χ2n) is 8.17. The van der Waals surface area contributed by atoms with Gasteiger partial charge in [0.2, 0.25) is 0 Å². The number of morpholine rings is 1. The van der Waals surface area contributed by atoms with Gasteiger partial charge in [0.25, 0.3) is 21.8 Å². The molecular weight excluding hydrogens is 428 g/mol. The number of amides is 2. The average Bonchev–Trinajstić information content (AvgIpc) is 2.95. The molecule has 2 heterocycles. The Morgan fingerprint density at radius 2 is 1.62 bits per heavy atom. The third-order valence-corrected chi connectivity index (χ3v) is 7.96. The van der Waals surface area contributed by atoms with E-state index in [2.05, 4.69) is 0 Å². The zero-order chi connectivity index (χ0) is 23.0. The number of rotatable bonds is 4. The van der Waals surface area contributed by atoms with Gasteiger partial charge in [0.15, 0.2) is 0 Å². The maximum Gasteiger partial charge on any atom is 0.268 e. The first-order valence-electron chi connectivity index (χ1n) is 10.5. The summed E-state index contributed by atoms with van der Waals surface area (Å²) in [6.07, 6.45) is 0. The molecule has 0 N–H and O–H groups in total. The molecule has 0 atom stereocenters. The topological polar surface area (TPSA) is 84.0 Å². The molecule has 2 amide bonds. The van der Waals surface area contributed by atoms with Gasteiger partial charge in [0.05, 0.1) is 19.8 Å². The smallest absolute Gasteiger partial charge is 0.268 e. The zero-order valence-corrected chi connectivity index (χ0v) is 19.2. The van der Waals surface area contributed by atoms with E-state index in [1.165, 1.54) is 0 Å². The molecule has 7 nitrogen and oxygen atoms in total. The highest BCUT2D eigenvalue weighted by atomic mass is 32.2. The molecule has 0 unspecified atom stereocenters. The number of sulfonamides is 1. The van der Waals surface area contributed by atoms with Crippen molar-refractivity contribution in [2.45, 2.75) is 27.3 Å². The van der Waals surface area contributed by atoms with Crippen LogP contribution in [-0.4, -0.2) is 55.7 Å². The fraction of sp³-hybridized carbons (Fsp3) is 0.333. The van der Waals surface area contributed by atoms with Crippen molar-refractivity contribution in [3.05, 3.63) is 75.9 Å². The maximum absolute atomic E-state index is 13.3. The van der Waals surface area contributed by atoms with E-state index in [0.29, 0.717) is 43.0 Å². The van der Waals surface area contributed by atoms with Gasteiger partial charge in [-0.3, -0.25) is 9.59 Å². The van der Waals surface area contributed by atoms with Crippen molar-refractivity contribution in [3.8, 4) is 0 Å². The molecule has 2 aromatic carbocycles. The molecule has 1 saturated heterocycles. The van der Waals surface area contributed by atoms with Crippen LogP contribution < -0.4 is 0 Å². The van der Waals surface area contributed by atoms with Crippen molar-refractivity contribution in [2.75, 3.05) is 26.3 Å². The van der Waals surface area contributed by atoms with E-state index in [9.17, 15) is 18.0 Å². The lowest BCUT2D eigenvalue weighted by molar-refractivity contribution is -0.122. The third-order valence-electron chi connectivity index (χ3n) is 6.03. The highest BCUT2D eigenvalue weighted by molar-refractivity contribution is 7.99. The zero-order valence-electron chi connectivity index (χ0n) is 18.4. The summed E-state index contributed by atoms with van der Waals surface area (Å²) < 4.78 is 32.7. The summed E-state index contributed by atoms with van der Waals surface area (Å²) in [4.78, 5) is 27.3. The van der Waals surface area contributed by atoms with Crippen LogP contribution in [0.1, 0.15) is 39.5 Å².